The molecule has 3 aromatic carbocycles. The second-order valence-corrected chi connectivity index (χ2v) is 5.84. The molecule has 0 aliphatic rings. The van der Waals surface area contributed by atoms with Crippen LogP contribution in [-0.2, 0) is 0 Å². The highest BCUT2D eigenvalue weighted by molar-refractivity contribution is 14.1. The highest BCUT2D eigenvalue weighted by Crippen LogP contribution is 2.32. The Kier molecular flexibility index (Phi) is 4.25. The molecule has 3 rings (SSSR count). The monoisotopic (exact) mass is 386 g/mol. The van der Waals surface area contributed by atoms with E-state index in [9.17, 15) is 0 Å². The summed E-state index contributed by atoms with van der Waals surface area (Å²) < 4.78 is 6.54. The topological polar surface area (TPSA) is 9.23 Å². The third-order valence-corrected chi connectivity index (χ3v) is 4.60. The van der Waals surface area contributed by atoms with E-state index >= 15 is 0 Å². The molecule has 0 N–H and O–H groups in total. The number of hydrogen-bond acceptors (Lipinski definition) is 1. The van der Waals surface area contributed by atoms with Crippen LogP contribution in [0.3, 0.4) is 0 Å². The van der Waals surface area contributed by atoms with Crippen molar-refractivity contribution < 1.29 is 4.74 Å². The van der Waals surface area contributed by atoms with Crippen molar-refractivity contribution in [2.75, 3.05) is 7.11 Å². The third kappa shape index (κ3) is 2.95. The number of hydrogen-bond donors (Lipinski definition) is 0. The number of methoxy groups -OCH3 is 1. The first-order valence-electron chi connectivity index (χ1n) is 6.78. The van der Waals surface area contributed by atoms with Gasteiger partial charge in [-0.1, -0.05) is 66.7 Å². The zero-order valence-electron chi connectivity index (χ0n) is 11.7. The van der Waals surface area contributed by atoms with Crippen molar-refractivity contribution >= 4 is 22.6 Å². The molecule has 0 heterocycles. The standard InChI is InChI=1S/C19H15IO/c1-21-18-9-5-8-17(19(18)20)16-12-10-15(11-13-16)14-6-3-2-4-7-14/h2-13H,1H3. The zero-order chi connectivity index (χ0) is 14.7. The molecule has 3 aromatic rings. The van der Waals surface area contributed by atoms with Gasteiger partial charge in [0.2, 0.25) is 0 Å². The highest BCUT2D eigenvalue weighted by atomic mass is 127. The molecule has 0 aromatic heterocycles. The second-order valence-electron chi connectivity index (χ2n) is 4.77. The Morgan fingerprint density at radius 3 is 1.95 bits per heavy atom. The van der Waals surface area contributed by atoms with Crippen LogP contribution >= 0.6 is 22.6 Å². The van der Waals surface area contributed by atoms with Gasteiger partial charge in [-0.25, -0.2) is 0 Å². The predicted molar refractivity (Wildman–Crippen MR) is 96.6 cm³/mol. The van der Waals surface area contributed by atoms with E-state index in [2.05, 4.69) is 77.2 Å². The average molecular weight is 386 g/mol. The van der Waals surface area contributed by atoms with E-state index in [0.29, 0.717) is 0 Å². The first-order chi connectivity index (χ1) is 10.3. The van der Waals surface area contributed by atoms with Gasteiger partial charge >= 0.3 is 0 Å². The highest BCUT2D eigenvalue weighted by Gasteiger charge is 2.08. The van der Waals surface area contributed by atoms with Gasteiger partial charge in [0.15, 0.2) is 0 Å². The Morgan fingerprint density at radius 1 is 0.667 bits per heavy atom. The fourth-order valence-corrected chi connectivity index (χ4v) is 3.26. The van der Waals surface area contributed by atoms with Crippen LogP contribution in [-0.4, -0.2) is 7.11 Å². The molecule has 0 aliphatic heterocycles. The van der Waals surface area contributed by atoms with Crippen LogP contribution < -0.4 is 4.74 Å². The van der Waals surface area contributed by atoms with Crippen LogP contribution in [0.4, 0.5) is 0 Å². The summed E-state index contributed by atoms with van der Waals surface area (Å²) in [6, 6.07) is 25.2. The van der Waals surface area contributed by atoms with Gasteiger partial charge in [0, 0.05) is 0 Å². The van der Waals surface area contributed by atoms with E-state index < -0.39 is 0 Å². The van der Waals surface area contributed by atoms with Crippen LogP contribution in [0.1, 0.15) is 0 Å². The minimum absolute atomic E-state index is 0.917. The summed E-state index contributed by atoms with van der Waals surface area (Å²) >= 11 is 2.34. The lowest BCUT2D eigenvalue weighted by Crippen LogP contribution is -1.90. The molecule has 2 heteroatoms. The maximum atomic E-state index is 5.39. The van der Waals surface area contributed by atoms with Gasteiger partial charge in [-0.15, -0.1) is 0 Å². The largest absolute Gasteiger partial charge is 0.496 e. The Hall–Kier alpha value is -1.81. The van der Waals surface area contributed by atoms with Crippen molar-refractivity contribution in [3.05, 3.63) is 76.4 Å². The Balaban J connectivity index is 1.99. The smallest absolute Gasteiger partial charge is 0.132 e. The number of ether oxygens (including phenoxy) is 1. The van der Waals surface area contributed by atoms with Gasteiger partial charge < -0.3 is 4.74 Å². The Bertz CT molecular complexity index is 733. The van der Waals surface area contributed by atoms with E-state index in [4.69, 9.17) is 4.74 Å². The molecule has 1 nitrogen and oxygen atoms in total. The number of rotatable bonds is 3. The number of benzene rings is 3. The first-order valence-corrected chi connectivity index (χ1v) is 7.86. The summed E-state index contributed by atoms with van der Waals surface area (Å²) in [5, 5.41) is 0. The molecular weight excluding hydrogens is 371 g/mol. The summed E-state index contributed by atoms with van der Waals surface area (Å²) in [5.74, 6) is 0.917. The van der Waals surface area contributed by atoms with Crippen LogP contribution in [0.15, 0.2) is 72.8 Å². The Morgan fingerprint density at radius 2 is 1.29 bits per heavy atom. The van der Waals surface area contributed by atoms with Crippen molar-refractivity contribution in [1.82, 2.24) is 0 Å². The molecule has 0 radical (unpaired) electrons. The zero-order valence-corrected chi connectivity index (χ0v) is 13.9. The molecule has 104 valence electrons. The minimum atomic E-state index is 0.917. The average Bonchev–Trinajstić information content (AvgIpc) is 2.56. The van der Waals surface area contributed by atoms with Crippen molar-refractivity contribution in [3.8, 4) is 28.0 Å². The van der Waals surface area contributed by atoms with Crippen LogP contribution in [0.2, 0.25) is 0 Å². The quantitative estimate of drug-likeness (QED) is 0.530. The third-order valence-electron chi connectivity index (χ3n) is 3.49. The predicted octanol–water partition coefficient (Wildman–Crippen LogP) is 5.63. The van der Waals surface area contributed by atoms with Crippen molar-refractivity contribution in [2.24, 2.45) is 0 Å². The molecule has 0 saturated carbocycles. The van der Waals surface area contributed by atoms with Gasteiger partial charge in [0.1, 0.15) is 5.75 Å². The second kappa shape index (κ2) is 6.31. The molecule has 0 aliphatic carbocycles. The lowest BCUT2D eigenvalue weighted by atomic mass is 10.0. The first kappa shape index (κ1) is 14.1. The van der Waals surface area contributed by atoms with Crippen molar-refractivity contribution in [3.63, 3.8) is 0 Å². The molecule has 0 fully saturated rings. The minimum Gasteiger partial charge on any atom is -0.496 e. The summed E-state index contributed by atoms with van der Waals surface area (Å²) in [6.07, 6.45) is 0. The Labute approximate surface area is 138 Å². The van der Waals surface area contributed by atoms with Crippen LogP contribution in [0.5, 0.6) is 5.75 Å². The van der Waals surface area contributed by atoms with Gasteiger partial charge in [0.25, 0.3) is 0 Å². The maximum Gasteiger partial charge on any atom is 0.132 e. The molecule has 0 unspecified atom stereocenters. The summed E-state index contributed by atoms with van der Waals surface area (Å²) in [4.78, 5) is 0. The van der Waals surface area contributed by atoms with Gasteiger partial charge in [0.05, 0.1) is 10.7 Å². The van der Waals surface area contributed by atoms with Crippen molar-refractivity contribution in [2.45, 2.75) is 0 Å². The SMILES string of the molecule is COc1cccc(-c2ccc(-c3ccccc3)cc2)c1I. The summed E-state index contributed by atoms with van der Waals surface area (Å²) in [7, 11) is 1.71. The number of halogens is 1. The maximum absolute atomic E-state index is 5.39. The van der Waals surface area contributed by atoms with E-state index in [0.717, 1.165) is 9.32 Å². The van der Waals surface area contributed by atoms with Crippen LogP contribution in [0.25, 0.3) is 22.3 Å². The van der Waals surface area contributed by atoms with E-state index in [-0.39, 0.29) is 0 Å². The molecule has 0 bridgehead atoms. The van der Waals surface area contributed by atoms with Crippen molar-refractivity contribution in [1.29, 1.82) is 0 Å². The van der Waals surface area contributed by atoms with E-state index in [1.807, 2.05) is 18.2 Å². The molecule has 0 amide bonds. The van der Waals surface area contributed by atoms with E-state index in [1.54, 1.807) is 7.11 Å². The molecule has 0 atom stereocenters. The summed E-state index contributed by atoms with van der Waals surface area (Å²) in [5.41, 5.74) is 4.88. The normalized spacial score (nSPS) is 10.4. The van der Waals surface area contributed by atoms with Gasteiger partial charge in [-0.2, -0.15) is 0 Å². The lowest BCUT2D eigenvalue weighted by Gasteiger charge is -2.10. The van der Waals surface area contributed by atoms with Gasteiger partial charge in [-0.05, 0) is 50.9 Å². The fraction of sp³-hybridized carbons (Fsp3) is 0.0526. The lowest BCUT2D eigenvalue weighted by molar-refractivity contribution is 0.412. The molecule has 0 saturated heterocycles. The molecular formula is C19H15IO. The summed E-state index contributed by atoms with van der Waals surface area (Å²) in [6.45, 7) is 0. The van der Waals surface area contributed by atoms with E-state index in [1.165, 1.54) is 22.3 Å². The molecule has 0 spiro atoms. The van der Waals surface area contributed by atoms with Crippen LogP contribution in [0, 0.1) is 3.57 Å². The van der Waals surface area contributed by atoms with Gasteiger partial charge in [-0.3, -0.25) is 0 Å². The fourth-order valence-electron chi connectivity index (χ4n) is 2.36. The molecule has 21 heavy (non-hydrogen) atoms.